The predicted octanol–water partition coefficient (Wildman–Crippen LogP) is 2.62. The van der Waals surface area contributed by atoms with E-state index in [4.69, 9.17) is 4.74 Å². The first kappa shape index (κ1) is 14.1. The smallest absolute Gasteiger partial charge is 0.272 e. The number of nitrogens with one attached hydrogen (secondary N) is 1. The molecule has 0 spiro atoms. The lowest BCUT2D eigenvalue weighted by atomic mass is 10.0. The molecule has 0 unspecified atom stereocenters. The normalized spacial score (nSPS) is 10.8. The predicted molar refractivity (Wildman–Crippen MR) is 84.4 cm³/mol. The Morgan fingerprint density at radius 1 is 1.14 bits per heavy atom. The fraction of sp³-hybridized carbons (Fsp3) is 0.176. The Balaban J connectivity index is 2.06. The number of fused-ring (bicyclic) bond motifs is 1. The molecule has 2 aromatic carbocycles. The number of aromatic nitrogens is 2. The van der Waals surface area contributed by atoms with Gasteiger partial charge in [-0.25, -0.2) is 5.10 Å². The molecule has 3 rings (SSSR count). The van der Waals surface area contributed by atoms with E-state index >= 15 is 0 Å². The van der Waals surface area contributed by atoms with Crippen LogP contribution in [0.4, 0.5) is 0 Å². The van der Waals surface area contributed by atoms with E-state index in [-0.39, 0.29) is 11.3 Å². The molecular weight excluding hydrogens is 280 g/mol. The highest BCUT2D eigenvalue weighted by molar-refractivity contribution is 5.83. The van der Waals surface area contributed by atoms with Gasteiger partial charge in [-0.3, -0.25) is 4.79 Å². The third-order valence-corrected chi connectivity index (χ3v) is 3.52. The average Bonchev–Trinajstić information content (AvgIpc) is 2.54. The summed E-state index contributed by atoms with van der Waals surface area (Å²) in [7, 11) is 0. The van der Waals surface area contributed by atoms with Gasteiger partial charge in [0.25, 0.3) is 5.56 Å². The summed E-state index contributed by atoms with van der Waals surface area (Å²) in [6, 6.07) is 12.7. The molecule has 0 aliphatic rings. The first-order chi connectivity index (χ1) is 10.7. The molecule has 2 N–H and O–H groups in total. The monoisotopic (exact) mass is 296 g/mol. The van der Waals surface area contributed by atoms with Crippen molar-refractivity contribution >= 4 is 10.8 Å². The second-order valence-electron chi connectivity index (χ2n) is 4.92. The lowest BCUT2D eigenvalue weighted by Gasteiger charge is -2.10. The summed E-state index contributed by atoms with van der Waals surface area (Å²) in [5.41, 5.74) is 1.20. The molecule has 112 valence electrons. The quantitative estimate of drug-likeness (QED) is 0.776. The van der Waals surface area contributed by atoms with E-state index in [1.54, 1.807) is 12.1 Å². The minimum absolute atomic E-state index is 0.112. The maximum Gasteiger partial charge on any atom is 0.272 e. The Bertz CT molecular complexity index is 871. The number of hydrogen-bond acceptors (Lipinski definition) is 4. The van der Waals surface area contributed by atoms with Gasteiger partial charge in [0.2, 0.25) is 0 Å². The summed E-state index contributed by atoms with van der Waals surface area (Å²) >= 11 is 0. The van der Waals surface area contributed by atoms with Crippen LogP contribution in [0.1, 0.15) is 18.2 Å². The highest BCUT2D eigenvalue weighted by Gasteiger charge is 2.12. The number of rotatable bonds is 4. The number of phenols is 1. The van der Waals surface area contributed by atoms with Crippen LogP contribution in [0.3, 0.4) is 0 Å². The van der Waals surface area contributed by atoms with Crippen LogP contribution in [-0.2, 0) is 6.42 Å². The molecule has 0 amide bonds. The standard InChI is InChI=1S/C17H16N2O3/c1-2-22-15-9-5-6-11(16(15)20)10-14-12-7-3-4-8-13(12)17(21)19-18-14/h3-9,20H,2,10H2,1H3,(H,19,21). The van der Waals surface area contributed by atoms with Crippen molar-refractivity contribution in [2.75, 3.05) is 6.61 Å². The molecular formula is C17H16N2O3. The molecule has 0 radical (unpaired) electrons. The fourth-order valence-electron chi connectivity index (χ4n) is 2.47. The number of para-hydroxylation sites is 1. The minimum Gasteiger partial charge on any atom is -0.504 e. The van der Waals surface area contributed by atoms with E-state index < -0.39 is 0 Å². The van der Waals surface area contributed by atoms with Gasteiger partial charge >= 0.3 is 0 Å². The van der Waals surface area contributed by atoms with Gasteiger partial charge in [0.15, 0.2) is 11.5 Å². The largest absolute Gasteiger partial charge is 0.504 e. The number of hydrogen-bond donors (Lipinski definition) is 2. The topological polar surface area (TPSA) is 75.2 Å². The lowest BCUT2D eigenvalue weighted by molar-refractivity contribution is 0.317. The zero-order valence-corrected chi connectivity index (χ0v) is 12.2. The maximum absolute atomic E-state index is 11.8. The third kappa shape index (κ3) is 2.53. The summed E-state index contributed by atoms with van der Waals surface area (Å²) < 4.78 is 5.39. The van der Waals surface area contributed by atoms with Crippen LogP contribution in [0.2, 0.25) is 0 Å². The number of H-pyrrole nitrogens is 1. The number of phenolic OH excluding ortho intramolecular Hbond substituents is 1. The van der Waals surface area contributed by atoms with Gasteiger partial charge in [-0.2, -0.15) is 5.10 Å². The van der Waals surface area contributed by atoms with Gasteiger partial charge in [-0.05, 0) is 19.1 Å². The van der Waals surface area contributed by atoms with Crippen molar-refractivity contribution in [2.24, 2.45) is 0 Å². The van der Waals surface area contributed by atoms with Gasteiger partial charge in [0.1, 0.15) is 0 Å². The third-order valence-electron chi connectivity index (χ3n) is 3.52. The van der Waals surface area contributed by atoms with E-state index in [0.717, 1.165) is 5.39 Å². The molecule has 0 bridgehead atoms. The van der Waals surface area contributed by atoms with Crippen molar-refractivity contribution in [1.82, 2.24) is 10.2 Å². The highest BCUT2D eigenvalue weighted by atomic mass is 16.5. The van der Waals surface area contributed by atoms with Crippen LogP contribution >= 0.6 is 0 Å². The van der Waals surface area contributed by atoms with Gasteiger partial charge in [0, 0.05) is 17.4 Å². The van der Waals surface area contributed by atoms with Crippen LogP contribution < -0.4 is 10.3 Å². The second-order valence-corrected chi connectivity index (χ2v) is 4.92. The number of benzene rings is 2. The Morgan fingerprint density at radius 2 is 1.91 bits per heavy atom. The molecule has 0 aliphatic heterocycles. The summed E-state index contributed by atoms with van der Waals surface area (Å²) in [6.07, 6.45) is 0.407. The molecule has 0 saturated heterocycles. The molecule has 1 heterocycles. The zero-order valence-electron chi connectivity index (χ0n) is 12.2. The average molecular weight is 296 g/mol. The van der Waals surface area contributed by atoms with Crippen molar-refractivity contribution in [3.63, 3.8) is 0 Å². The molecule has 1 aromatic heterocycles. The van der Waals surface area contributed by atoms with Gasteiger partial charge in [-0.1, -0.05) is 30.3 Å². The summed E-state index contributed by atoms with van der Waals surface area (Å²) in [6.45, 7) is 2.35. The van der Waals surface area contributed by atoms with Crippen LogP contribution in [0.5, 0.6) is 11.5 Å². The summed E-state index contributed by atoms with van der Waals surface area (Å²) in [5, 5.41) is 18.3. The molecule has 0 aliphatic carbocycles. The first-order valence-corrected chi connectivity index (χ1v) is 7.10. The van der Waals surface area contributed by atoms with Crippen LogP contribution in [-0.4, -0.2) is 21.9 Å². The van der Waals surface area contributed by atoms with Crippen molar-refractivity contribution in [3.8, 4) is 11.5 Å². The lowest BCUT2D eigenvalue weighted by Crippen LogP contribution is -2.11. The number of ether oxygens (including phenoxy) is 1. The Hall–Kier alpha value is -2.82. The van der Waals surface area contributed by atoms with E-state index in [9.17, 15) is 9.90 Å². The van der Waals surface area contributed by atoms with Crippen LogP contribution in [0, 0.1) is 0 Å². The van der Waals surface area contributed by atoms with Crippen molar-refractivity contribution in [1.29, 1.82) is 0 Å². The molecule has 0 saturated carbocycles. The zero-order chi connectivity index (χ0) is 15.5. The Labute approximate surface area is 127 Å². The minimum atomic E-state index is -0.216. The van der Waals surface area contributed by atoms with E-state index in [1.807, 2.05) is 37.3 Å². The number of aromatic hydroxyl groups is 1. The molecule has 3 aromatic rings. The van der Waals surface area contributed by atoms with Crippen molar-refractivity contribution in [2.45, 2.75) is 13.3 Å². The maximum atomic E-state index is 11.8. The summed E-state index contributed by atoms with van der Waals surface area (Å²) in [5.74, 6) is 0.565. The molecule has 0 atom stereocenters. The first-order valence-electron chi connectivity index (χ1n) is 7.10. The van der Waals surface area contributed by atoms with Crippen molar-refractivity contribution < 1.29 is 9.84 Å². The fourth-order valence-corrected chi connectivity index (χ4v) is 2.47. The van der Waals surface area contributed by atoms with E-state index in [1.165, 1.54) is 0 Å². The molecule has 0 fully saturated rings. The SMILES string of the molecule is CCOc1cccc(Cc2n[nH]c(=O)c3ccccc23)c1O. The van der Waals surface area contributed by atoms with Crippen LogP contribution in [0.25, 0.3) is 10.8 Å². The summed E-state index contributed by atoms with van der Waals surface area (Å²) in [4.78, 5) is 11.8. The number of aromatic amines is 1. The van der Waals surface area contributed by atoms with Crippen molar-refractivity contribution in [3.05, 3.63) is 64.1 Å². The highest BCUT2D eigenvalue weighted by Crippen LogP contribution is 2.31. The second kappa shape index (κ2) is 5.89. The Kier molecular flexibility index (Phi) is 3.78. The van der Waals surface area contributed by atoms with Crippen LogP contribution in [0.15, 0.2) is 47.3 Å². The van der Waals surface area contributed by atoms with Gasteiger partial charge in [-0.15, -0.1) is 0 Å². The molecule has 5 nitrogen and oxygen atoms in total. The van der Waals surface area contributed by atoms with E-state index in [2.05, 4.69) is 10.2 Å². The number of nitrogens with zero attached hydrogens (tertiary/aromatic N) is 1. The Morgan fingerprint density at radius 3 is 2.68 bits per heavy atom. The van der Waals surface area contributed by atoms with Gasteiger partial charge < -0.3 is 9.84 Å². The van der Waals surface area contributed by atoms with Gasteiger partial charge in [0.05, 0.1) is 17.7 Å². The van der Waals surface area contributed by atoms with E-state index in [0.29, 0.717) is 35.4 Å². The molecule has 22 heavy (non-hydrogen) atoms. The molecule has 5 heteroatoms.